The number of esters is 4. The number of rotatable bonds is 84. The molecule has 0 heterocycles. The van der Waals surface area contributed by atoms with Crippen molar-refractivity contribution in [2.75, 3.05) is 39.6 Å². The average molecular weight is 1520 g/mol. The molecule has 0 aromatic carbocycles. The predicted octanol–water partition coefficient (Wildman–Crippen LogP) is 25.8. The van der Waals surface area contributed by atoms with E-state index < -0.39 is 97.5 Å². The molecule has 17 nitrogen and oxygen atoms in total. The number of carbonyl (C=O) groups is 4. The molecule has 0 aromatic heterocycles. The molecule has 0 aliphatic heterocycles. The number of phosphoric acid groups is 2. The number of hydrogen-bond acceptors (Lipinski definition) is 15. The van der Waals surface area contributed by atoms with Gasteiger partial charge < -0.3 is 33.8 Å². The van der Waals surface area contributed by atoms with Crippen molar-refractivity contribution in [1.82, 2.24) is 0 Å². The van der Waals surface area contributed by atoms with E-state index in [2.05, 4.69) is 41.5 Å². The van der Waals surface area contributed by atoms with Crippen LogP contribution in [0.3, 0.4) is 0 Å². The lowest BCUT2D eigenvalue weighted by atomic mass is 10.0. The Morgan fingerprint density at radius 1 is 0.260 bits per heavy atom. The zero-order valence-corrected chi connectivity index (χ0v) is 70.1. The number of ether oxygens (including phenoxy) is 4. The Kier molecular flexibility index (Phi) is 75.0. The maximum atomic E-state index is 13.1. The van der Waals surface area contributed by atoms with Crippen LogP contribution in [0, 0.1) is 11.8 Å². The van der Waals surface area contributed by atoms with E-state index in [1.165, 1.54) is 270 Å². The Morgan fingerprint density at radius 2 is 0.442 bits per heavy atom. The quantitative estimate of drug-likeness (QED) is 0.0222. The molecular formula is C85H166O17P2. The van der Waals surface area contributed by atoms with Crippen molar-refractivity contribution < 1.29 is 80.2 Å². The van der Waals surface area contributed by atoms with Crippen LogP contribution in [0.4, 0.5) is 0 Å². The van der Waals surface area contributed by atoms with Crippen molar-refractivity contribution in [2.45, 2.75) is 471 Å². The summed E-state index contributed by atoms with van der Waals surface area (Å²) in [5, 5.41) is 10.7. The first kappa shape index (κ1) is 102. The van der Waals surface area contributed by atoms with Crippen LogP contribution in [0.5, 0.6) is 0 Å². The third-order valence-corrected chi connectivity index (χ3v) is 21.9. The highest BCUT2D eigenvalue weighted by molar-refractivity contribution is 7.47. The molecule has 0 saturated heterocycles. The molecule has 19 heteroatoms. The van der Waals surface area contributed by atoms with Crippen LogP contribution in [0.15, 0.2) is 0 Å². The summed E-state index contributed by atoms with van der Waals surface area (Å²) in [4.78, 5) is 73.1. The molecule has 0 aromatic rings. The number of aliphatic hydroxyl groups is 1. The predicted molar refractivity (Wildman–Crippen MR) is 428 cm³/mol. The molecule has 0 bridgehead atoms. The Bertz CT molecular complexity index is 1990. The lowest BCUT2D eigenvalue weighted by Crippen LogP contribution is -2.30. The number of unbranched alkanes of at least 4 members (excludes halogenated alkanes) is 54. The van der Waals surface area contributed by atoms with Crippen molar-refractivity contribution >= 4 is 39.5 Å². The molecule has 0 aliphatic carbocycles. The van der Waals surface area contributed by atoms with Gasteiger partial charge >= 0.3 is 39.5 Å². The highest BCUT2D eigenvalue weighted by Gasteiger charge is 2.30. The number of carbonyl (C=O) groups excluding carboxylic acids is 4. The van der Waals surface area contributed by atoms with Gasteiger partial charge in [-0.2, -0.15) is 0 Å². The first-order valence-corrected chi connectivity index (χ1v) is 47.0. The van der Waals surface area contributed by atoms with E-state index in [1.807, 2.05) is 0 Å². The normalized spacial score (nSPS) is 13.8. The first-order chi connectivity index (χ1) is 50.4. The molecule has 0 spiro atoms. The summed E-state index contributed by atoms with van der Waals surface area (Å²) < 4.78 is 68.8. The van der Waals surface area contributed by atoms with Crippen LogP contribution in [-0.4, -0.2) is 96.7 Å². The van der Waals surface area contributed by atoms with Gasteiger partial charge in [-0.25, -0.2) is 9.13 Å². The largest absolute Gasteiger partial charge is 0.472 e. The van der Waals surface area contributed by atoms with Crippen LogP contribution in [0.2, 0.25) is 0 Å². The van der Waals surface area contributed by atoms with Crippen molar-refractivity contribution in [3.8, 4) is 0 Å². The fourth-order valence-corrected chi connectivity index (χ4v) is 14.8. The second-order valence-corrected chi connectivity index (χ2v) is 34.4. The standard InChI is InChI=1S/C85H166O17P2/c1-7-9-11-13-15-17-18-19-20-21-22-23-28-34-39-45-51-57-63-69-85(90)102-81(74-96-83(88)68-62-56-50-44-38-33-29-24-26-31-36-42-47-53-59-65-77(3)4)76-100-104(93,94)98-72-79(86)71-97-103(91,92)99-75-80(73-95-82(87)67-61-55-49-41-16-14-12-10-8-2)101-84(89)70-64-58-52-46-40-35-30-25-27-32-37-43-48-54-60-66-78(5)6/h77-81,86H,7-76H2,1-6H3,(H,91,92)(H,93,94)/t79-,80+,81+/m0/s1. The minimum Gasteiger partial charge on any atom is -0.462 e. The second kappa shape index (κ2) is 76.4. The minimum atomic E-state index is -4.96. The Morgan fingerprint density at radius 3 is 0.654 bits per heavy atom. The van der Waals surface area contributed by atoms with Crippen LogP contribution >= 0.6 is 15.6 Å². The summed E-state index contributed by atoms with van der Waals surface area (Å²) in [7, 11) is -9.92. The van der Waals surface area contributed by atoms with E-state index in [1.54, 1.807) is 0 Å². The summed E-state index contributed by atoms with van der Waals surface area (Å²) in [6.07, 6.45) is 68.0. The van der Waals surface area contributed by atoms with Gasteiger partial charge in [-0.15, -0.1) is 0 Å². The lowest BCUT2D eigenvalue weighted by molar-refractivity contribution is -0.161. The molecule has 0 fully saturated rings. The van der Waals surface area contributed by atoms with E-state index in [0.717, 1.165) is 102 Å². The second-order valence-electron chi connectivity index (χ2n) is 31.5. The van der Waals surface area contributed by atoms with E-state index in [9.17, 15) is 43.2 Å². The maximum absolute atomic E-state index is 13.1. The topological polar surface area (TPSA) is 237 Å². The molecule has 0 aliphatic rings. The van der Waals surface area contributed by atoms with Gasteiger partial charge in [-0.1, -0.05) is 401 Å². The average Bonchev–Trinajstić information content (AvgIpc) is 0.928. The molecular weight excluding hydrogens is 1350 g/mol. The summed E-state index contributed by atoms with van der Waals surface area (Å²) in [5.74, 6) is -0.494. The fraction of sp³-hybridized carbons (Fsp3) is 0.953. The van der Waals surface area contributed by atoms with Gasteiger partial charge in [0.15, 0.2) is 12.2 Å². The number of aliphatic hydroxyl groups excluding tert-OH is 1. The van der Waals surface area contributed by atoms with Crippen LogP contribution in [0.25, 0.3) is 0 Å². The van der Waals surface area contributed by atoms with Crippen molar-refractivity contribution in [2.24, 2.45) is 11.8 Å². The van der Waals surface area contributed by atoms with E-state index in [-0.39, 0.29) is 25.7 Å². The van der Waals surface area contributed by atoms with E-state index >= 15 is 0 Å². The molecule has 0 radical (unpaired) electrons. The Balaban J connectivity index is 5.21. The molecule has 2 unspecified atom stereocenters. The van der Waals surface area contributed by atoms with Crippen molar-refractivity contribution in [3.63, 3.8) is 0 Å². The minimum absolute atomic E-state index is 0.108. The summed E-state index contributed by atoms with van der Waals surface area (Å²) in [6, 6.07) is 0. The Hall–Kier alpha value is -1.94. The highest BCUT2D eigenvalue weighted by Crippen LogP contribution is 2.45. The van der Waals surface area contributed by atoms with Crippen LogP contribution in [0.1, 0.15) is 452 Å². The first-order valence-electron chi connectivity index (χ1n) is 44.0. The van der Waals surface area contributed by atoms with E-state index in [0.29, 0.717) is 25.7 Å². The van der Waals surface area contributed by atoms with Crippen LogP contribution < -0.4 is 0 Å². The SMILES string of the molecule is CCCCCCCCCCCCCCCCCCCCCC(=O)O[C@H](COC(=O)CCCCCCCCCCCCCCCCCC(C)C)COP(=O)(O)OC[C@@H](O)COP(=O)(O)OC[C@@H](COC(=O)CCCCCCCCCCC)OC(=O)CCCCCCCCCCCCCCCCCC(C)C. The summed E-state index contributed by atoms with van der Waals surface area (Å²) in [6.45, 7) is 9.70. The Labute approximate surface area is 638 Å². The molecule has 3 N–H and O–H groups in total. The molecule has 0 rings (SSSR count). The molecule has 104 heavy (non-hydrogen) atoms. The molecule has 618 valence electrons. The summed E-state index contributed by atoms with van der Waals surface area (Å²) in [5.41, 5.74) is 0. The zero-order chi connectivity index (χ0) is 76.4. The maximum Gasteiger partial charge on any atom is 0.472 e. The fourth-order valence-electron chi connectivity index (χ4n) is 13.2. The van der Waals surface area contributed by atoms with Gasteiger partial charge in [0.2, 0.25) is 0 Å². The molecule has 0 saturated carbocycles. The zero-order valence-electron chi connectivity index (χ0n) is 68.3. The number of phosphoric ester groups is 2. The van der Waals surface area contributed by atoms with E-state index in [4.69, 9.17) is 37.0 Å². The van der Waals surface area contributed by atoms with Gasteiger partial charge in [0.1, 0.15) is 19.3 Å². The van der Waals surface area contributed by atoms with Gasteiger partial charge in [0.25, 0.3) is 0 Å². The van der Waals surface area contributed by atoms with Crippen molar-refractivity contribution in [3.05, 3.63) is 0 Å². The van der Waals surface area contributed by atoms with Gasteiger partial charge in [-0.3, -0.25) is 37.3 Å². The van der Waals surface area contributed by atoms with Gasteiger partial charge in [-0.05, 0) is 37.5 Å². The lowest BCUT2D eigenvalue weighted by Gasteiger charge is -2.21. The smallest absolute Gasteiger partial charge is 0.462 e. The monoisotopic (exact) mass is 1520 g/mol. The van der Waals surface area contributed by atoms with Gasteiger partial charge in [0, 0.05) is 25.7 Å². The van der Waals surface area contributed by atoms with Crippen molar-refractivity contribution in [1.29, 1.82) is 0 Å². The highest BCUT2D eigenvalue weighted by atomic mass is 31.2. The molecule has 0 amide bonds. The van der Waals surface area contributed by atoms with Crippen LogP contribution in [-0.2, 0) is 65.4 Å². The summed E-state index contributed by atoms with van der Waals surface area (Å²) >= 11 is 0. The third kappa shape index (κ3) is 78.2. The molecule has 5 atom stereocenters. The number of hydrogen-bond donors (Lipinski definition) is 3. The third-order valence-electron chi connectivity index (χ3n) is 20.0. The van der Waals surface area contributed by atoms with Gasteiger partial charge in [0.05, 0.1) is 26.4 Å².